The number of ether oxygens (including phenoxy) is 3. The molecule has 2 fully saturated rings. The van der Waals surface area contributed by atoms with Crippen LogP contribution in [0.4, 0.5) is 5.69 Å². The van der Waals surface area contributed by atoms with Crippen LogP contribution >= 0.6 is 0 Å². The molecule has 4 rings (SSSR count). The third-order valence-corrected chi connectivity index (χ3v) is 5.62. The number of anilines is 1. The first-order chi connectivity index (χ1) is 14.7. The minimum atomic E-state index is -0.0245. The number of methoxy groups -OCH3 is 1. The summed E-state index contributed by atoms with van der Waals surface area (Å²) < 4.78 is 16.5. The molecule has 0 bridgehead atoms. The van der Waals surface area contributed by atoms with Gasteiger partial charge in [-0.2, -0.15) is 0 Å². The molecule has 1 N–H and O–H groups in total. The second-order valence-electron chi connectivity index (χ2n) is 7.58. The monoisotopic (exact) mass is 412 g/mol. The van der Waals surface area contributed by atoms with Gasteiger partial charge in [0.2, 0.25) is 0 Å². The second-order valence-corrected chi connectivity index (χ2v) is 7.58. The van der Waals surface area contributed by atoms with Gasteiger partial charge in [-0.3, -0.25) is 4.79 Å². The quantitative estimate of drug-likeness (QED) is 0.780. The molecule has 1 aliphatic carbocycles. The molecule has 30 heavy (non-hydrogen) atoms. The summed E-state index contributed by atoms with van der Waals surface area (Å²) in [6, 6.07) is 7.98. The number of benzene rings is 1. The summed E-state index contributed by atoms with van der Waals surface area (Å²) >= 11 is 0. The average Bonchev–Trinajstić information content (AvgIpc) is 2.81. The van der Waals surface area contributed by atoms with Crippen molar-refractivity contribution in [3.05, 3.63) is 42.2 Å². The van der Waals surface area contributed by atoms with Gasteiger partial charge in [0.05, 0.1) is 20.3 Å². The van der Waals surface area contributed by atoms with E-state index in [9.17, 15) is 4.79 Å². The number of nitrogens with one attached hydrogen (secondary N) is 1. The molecular weight excluding hydrogens is 384 g/mol. The first kappa shape index (κ1) is 20.4. The SMILES string of the molecule is COc1nccnc1OC1CCC(NC(=O)c2ccc(N3CCOCC3)cc2)CC1. The highest BCUT2D eigenvalue weighted by atomic mass is 16.5. The van der Waals surface area contributed by atoms with Crippen molar-refractivity contribution in [1.82, 2.24) is 15.3 Å². The highest BCUT2D eigenvalue weighted by Crippen LogP contribution is 2.27. The molecular formula is C22H28N4O4. The maximum absolute atomic E-state index is 12.6. The Balaban J connectivity index is 1.26. The van der Waals surface area contributed by atoms with Crippen molar-refractivity contribution < 1.29 is 19.0 Å². The van der Waals surface area contributed by atoms with Gasteiger partial charge in [0.1, 0.15) is 6.10 Å². The number of carbonyl (C=O) groups is 1. The summed E-state index contributed by atoms with van der Waals surface area (Å²) in [4.78, 5) is 23.2. The molecule has 2 aliphatic rings. The Morgan fingerprint density at radius 1 is 1.03 bits per heavy atom. The molecule has 160 valence electrons. The van der Waals surface area contributed by atoms with Crippen molar-refractivity contribution in [3.8, 4) is 11.8 Å². The molecule has 0 unspecified atom stereocenters. The molecule has 8 heteroatoms. The standard InChI is InChI=1S/C22H28N4O4/c1-28-21-22(24-11-10-23-21)30-19-8-4-17(5-9-19)25-20(27)16-2-6-18(7-3-16)26-12-14-29-15-13-26/h2-3,6-7,10-11,17,19H,4-5,8-9,12-15H2,1H3,(H,25,27). The number of aromatic nitrogens is 2. The number of rotatable bonds is 6. The lowest BCUT2D eigenvalue weighted by Crippen LogP contribution is -2.39. The van der Waals surface area contributed by atoms with E-state index in [0.29, 0.717) is 17.3 Å². The lowest BCUT2D eigenvalue weighted by atomic mass is 9.92. The van der Waals surface area contributed by atoms with Gasteiger partial charge >= 0.3 is 0 Å². The summed E-state index contributed by atoms with van der Waals surface area (Å²) in [5.41, 5.74) is 1.82. The topological polar surface area (TPSA) is 85.8 Å². The predicted octanol–water partition coefficient (Wildman–Crippen LogP) is 2.44. The second kappa shape index (κ2) is 9.75. The summed E-state index contributed by atoms with van der Waals surface area (Å²) in [5, 5.41) is 3.16. The van der Waals surface area contributed by atoms with Crippen molar-refractivity contribution in [3.63, 3.8) is 0 Å². The van der Waals surface area contributed by atoms with E-state index in [2.05, 4.69) is 20.2 Å². The van der Waals surface area contributed by atoms with Gasteiger partial charge in [0.25, 0.3) is 17.7 Å². The Labute approximate surface area is 176 Å². The summed E-state index contributed by atoms with van der Waals surface area (Å²) in [5.74, 6) is 0.796. The van der Waals surface area contributed by atoms with Gasteiger partial charge in [-0.25, -0.2) is 9.97 Å². The summed E-state index contributed by atoms with van der Waals surface area (Å²) in [6.07, 6.45) is 6.65. The van der Waals surface area contributed by atoms with Crippen LogP contribution in [-0.2, 0) is 4.74 Å². The van der Waals surface area contributed by atoms with Gasteiger partial charge in [-0.05, 0) is 49.9 Å². The van der Waals surface area contributed by atoms with E-state index in [-0.39, 0.29) is 18.1 Å². The molecule has 2 heterocycles. The minimum absolute atomic E-state index is 0.0245. The van der Waals surface area contributed by atoms with Crippen LogP contribution in [0.1, 0.15) is 36.0 Å². The maximum atomic E-state index is 12.6. The van der Waals surface area contributed by atoms with E-state index in [0.717, 1.165) is 57.7 Å². The average molecular weight is 412 g/mol. The Morgan fingerprint density at radius 2 is 1.70 bits per heavy atom. The number of nitrogens with zero attached hydrogens (tertiary/aromatic N) is 3. The van der Waals surface area contributed by atoms with Crippen LogP contribution in [0, 0.1) is 0 Å². The number of hydrogen-bond acceptors (Lipinski definition) is 7. The van der Waals surface area contributed by atoms with E-state index >= 15 is 0 Å². The summed E-state index contributed by atoms with van der Waals surface area (Å²) in [6.45, 7) is 3.27. The van der Waals surface area contributed by atoms with Crippen LogP contribution in [0.15, 0.2) is 36.7 Å². The Kier molecular flexibility index (Phi) is 6.63. The lowest BCUT2D eigenvalue weighted by molar-refractivity contribution is 0.0886. The van der Waals surface area contributed by atoms with Crippen molar-refractivity contribution in [1.29, 1.82) is 0 Å². The van der Waals surface area contributed by atoms with Gasteiger partial charge < -0.3 is 24.4 Å². The molecule has 1 amide bonds. The van der Waals surface area contributed by atoms with Crippen molar-refractivity contribution in [2.45, 2.75) is 37.8 Å². The fourth-order valence-corrected chi connectivity index (χ4v) is 3.93. The predicted molar refractivity (Wildman–Crippen MR) is 112 cm³/mol. The molecule has 1 aliphatic heterocycles. The van der Waals surface area contributed by atoms with Crippen LogP contribution in [0.25, 0.3) is 0 Å². The minimum Gasteiger partial charge on any atom is -0.477 e. The van der Waals surface area contributed by atoms with Crippen molar-refractivity contribution in [2.75, 3.05) is 38.3 Å². The third kappa shape index (κ3) is 4.99. The van der Waals surface area contributed by atoms with Crippen LogP contribution in [0.3, 0.4) is 0 Å². The molecule has 0 radical (unpaired) electrons. The zero-order valence-corrected chi connectivity index (χ0v) is 17.3. The van der Waals surface area contributed by atoms with E-state index in [1.807, 2.05) is 24.3 Å². The zero-order chi connectivity index (χ0) is 20.8. The van der Waals surface area contributed by atoms with Gasteiger partial charge in [-0.1, -0.05) is 0 Å². The van der Waals surface area contributed by atoms with Crippen LogP contribution < -0.4 is 19.7 Å². The van der Waals surface area contributed by atoms with Crippen molar-refractivity contribution in [2.24, 2.45) is 0 Å². The molecule has 1 aromatic carbocycles. The Morgan fingerprint density at radius 3 is 2.37 bits per heavy atom. The van der Waals surface area contributed by atoms with E-state index in [1.54, 1.807) is 19.5 Å². The highest BCUT2D eigenvalue weighted by Gasteiger charge is 2.25. The van der Waals surface area contributed by atoms with E-state index in [4.69, 9.17) is 14.2 Å². The number of carbonyl (C=O) groups excluding carboxylic acids is 1. The van der Waals surface area contributed by atoms with E-state index in [1.165, 1.54) is 0 Å². The first-order valence-corrected chi connectivity index (χ1v) is 10.5. The number of amides is 1. The molecule has 0 atom stereocenters. The van der Waals surface area contributed by atoms with Crippen LogP contribution in [0.2, 0.25) is 0 Å². The molecule has 1 saturated heterocycles. The maximum Gasteiger partial charge on any atom is 0.278 e. The zero-order valence-electron chi connectivity index (χ0n) is 17.3. The van der Waals surface area contributed by atoms with Crippen LogP contribution in [-0.4, -0.2) is 61.4 Å². The normalized spacial score (nSPS) is 21.7. The molecule has 2 aromatic rings. The van der Waals surface area contributed by atoms with Gasteiger partial charge in [0.15, 0.2) is 0 Å². The summed E-state index contributed by atoms with van der Waals surface area (Å²) in [7, 11) is 1.55. The fraction of sp³-hybridized carbons (Fsp3) is 0.500. The smallest absolute Gasteiger partial charge is 0.278 e. The van der Waals surface area contributed by atoms with E-state index < -0.39 is 0 Å². The Hall–Kier alpha value is -2.87. The Bertz CT molecular complexity index is 831. The fourth-order valence-electron chi connectivity index (χ4n) is 3.93. The molecule has 0 spiro atoms. The molecule has 8 nitrogen and oxygen atoms in total. The molecule has 1 saturated carbocycles. The lowest BCUT2D eigenvalue weighted by Gasteiger charge is -2.30. The van der Waals surface area contributed by atoms with Crippen LogP contribution in [0.5, 0.6) is 11.8 Å². The molecule has 1 aromatic heterocycles. The van der Waals surface area contributed by atoms with Crippen molar-refractivity contribution >= 4 is 11.6 Å². The van der Waals surface area contributed by atoms with Gasteiger partial charge in [0, 0.05) is 42.8 Å². The number of morpholine rings is 1. The largest absolute Gasteiger partial charge is 0.477 e. The third-order valence-electron chi connectivity index (χ3n) is 5.62. The first-order valence-electron chi connectivity index (χ1n) is 10.5. The van der Waals surface area contributed by atoms with Gasteiger partial charge in [-0.15, -0.1) is 0 Å². The number of hydrogen-bond donors (Lipinski definition) is 1. The highest BCUT2D eigenvalue weighted by molar-refractivity contribution is 5.94.